The number of rotatable bonds is 3. The number of aryl methyl sites for hydroxylation is 1. The number of nitrogens with one attached hydrogen (secondary N) is 1. The fraction of sp³-hybridized carbons (Fsp3) is 0.133. The molecule has 5 heteroatoms. The molecule has 2 aromatic carbocycles. The van der Waals surface area contributed by atoms with Crippen LogP contribution in [0.2, 0.25) is 0 Å². The zero-order valence-electron chi connectivity index (χ0n) is 11.0. The SMILES string of the molecule is CC(=NNc1ccc(F)cc1F)c1ccc(C)cc1F. The Labute approximate surface area is 114 Å². The summed E-state index contributed by atoms with van der Waals surface area (Å²) in [5.41, 5.74) is 3.98. The van der Waals surface area contributed by atoms with E-state index in [0.717, 1.165) is 17.7 Å². The maximum Gasteiger partial charge on any atom is 0.151 e. The molecular formula is C15H13F3N2. The number of hydrogen-bond donors (Lipinski definition) is 1. The second-order valence-electron chi connectivity index (χ2n) is 4.42. The van der Waals surface area contributed by atoms with Gasteiger partial charge in [0.25, 0.3) is 0 Å². The predicted octanol–water partition coefficient (Wildman–Crippen LogP) is 4.25. The Kier molecular flexibility index (Phi) is 4.08. The number of anilines is 1. The summed E-state index contributed by atoms with van der Waals surface area (Å²) in [5, 5.41) is 3.91. The standard InChI is InChI=1S/C15H13F3N2/c1-9-3-5-12(13(17)7-9)10(2)19-20-15-6-4-11(16)8-14(15)18/h3-8,20H,1-2H3. The van der Waals surface area contributed by atoms with Gasteiger partial charge in [0.1, 0.15) is 11.6 Å². The van der Waals surface area contributed by atoms with E-state index in [1.165, 1.54) is 12.1 Å². The summed E-state index contributed by atoms with van der Waals surface area (Å²) in [5.74, 6) is -1.82. The average Bonchev–Trinajstić information content (AvgIpc) is 2.37. The number of hydrogen-bond acceptors (Lipinski definition) is 2. The maximum absolute atomic E-state index is 13.7. The van der Waals surface area contributed by atoms with Gasteiger partial charge in [-0.3, -0.25) is 5.43 Å². The van der Waals surface area contributed by atoms with Crippen molar-refractivity contribution >= 4 is 11.4 Å². The third-order valence-electron chi connectivity index (χ3n) is 2.79. The molecule has 0 aliphatic rings. The van der Waals surface area contributed by atoms with E-state index in [-0.39, 0.29) is 5.69 Å². The molecule has 0 bridgehead atoms. The van der Waals surface area contributed by atoms with Crippen LogP contribution in [0, 0.1) is 24.4 Å². The molecule has 0 amide bonds. The highest BCUT2D eigenvalue weighted by atomic mass is 19.1. The first kappa shape index (κ1) is 14.1. The first-order valence-electron chi connectivity index (χ1n) is 5.99. The van der Waals surface area contributed by atoms with E-state index in [0.29, 0.717) is 11.3 Å². The summed E-state index contributed by atoms with van der Waals surface area (Å²) in [7, 11) is 0. The highest BCUT2D eigenvalue weighted by Crippen LogP contribution is 2.16. The smallest absolute Gasteiger partial charge is 0.151 e. The van der Waals surface area contributed by atoms with Crippen LogP contribution in [0.5, 0.6) is 0 Å². The van der Waals surface area contributed by atoms with E-state index < -0.39 is 17.5 Å². The Morgan fingerprint density at radius 3 is 2.40 bits per heavy atom. The lowest BCUT2D eigenvalue weighted by Crippen LogP contribution is -2.03. The van der Waals surface area contributed by atoms with E-state index in [2.05, 4.69) is 10.5 Å². The molecule has 0 fully saturated rings. The number of nitrogens with zero attached hydrogens (tertiary/aromatic N) is 1. The first-order chi connectivity index (χ1) is 9.47. The quantitative estimate of drug-likeness (QED) is 0.658. The molecule has 0 aliphatic heterocycles. The maximum atomic E-state index is 13.7. The van der Waals surface area contributed by atoms with Crippen molar-refractivity contribution in [2.75, 3.05) is 5.43 Å². The van der Waals surface area contributed by atoms with E-state index in [4.69, 9.17) is 0 Å². The minimum absolute atomic E-state index is 0.0262. The Balaban J connectivity index is 2.22. The van der Waals surface area contributed by atoms with Crippen molar-refractivity contribution in [2.45, 2.75) is 13.8 Å². The van der Waals surface area contributed by atoms with Crippen LogP contribution in [0.15, 0.2) is 41.5 Å². The van der Waals surface area contributed by atoms with Crippen molar-refractivity contribution in [1.29, 1.82) is 0 Å². The van der Waals surface area contributed by atoms with Crippen LogP contribution in [0.4, 0.5) is 18.9 Å². The van der Waals surface area contributed by atoms with E-state index >= 15 is 0 Å². The Morgan fingerprint density at radius 2 is 1.75 bits per heavy atom. The van der Waals surface area contributed by atoms with Crippen molar-refractivity contribution in [3.8, 4) is 0 Å². The van der Waals surface area contributed by atoms with Crippen LogP contribution in [0.3, 0.4) is 0 Å². The van der Waals surface area contributed by atoms with Gasteiger partial charge in [-0.1, -0.05) is 6.07 Å². The van der Waals surface area contributed by atoms with Gasteiger partial charge in [0.2, 0.25) is 0 Å². The van der Waals surface area contributed by atoms with Gasteiger partial charge in [-0.05, 0) is 43.7 Å². The van der Waals surface area contributed by atoms with Crippen LogP contribution in [0.1, 0.15) is 18.1 Å². The van der Waals surface area contributed by atoms with Crippen molar-refractivity contribution in [3.63, 3.8) is 0 Å². The fourth-order valence-electron chi connectivity index (χ4n) is 1.70. The van der Waals surface area contributed by atoms with E-state index in [1.54, 1.807) is 26.0 Å². The second kappa shape index (κ2) is 5.77. The molecule has 0 unspecified atom stereocenters. The molecule has 0 spiro atoms. The average molecular weight is 278 g/mol. The number of halogens is 3. The van der Waals surface area contributed by atoms with Gasteiger partial charge in [0, 0.05) is 11.6 Å². The van der Waals surface area contributed by atoms with Gasteiger partial charge in [-0.2, -0.15) is 5.10 Å². The lowest BCUT2D eigenvalue weighted by atomic mass is 10.1. The van der Waals surface area contributed by atoms with Crippen LogP contribution in [-0.2, 0) is 0 Å². The number of hydrazone groups is 1. The Bertz CT molecular complexity index is 666. The minimum Gasteiger partial charge on any atom is -0.275 e. The van der Waals surface area contributed by atoms with Crippen LogP contribution < -0.4 is 5.43 Å². The predicted molar refractivity (Wildman–Crippen MR) is 73.3 cm³/mol. The van der Waals surface area contributed by atoms with Gasteiger partial charge in [-0.15, -0.1) is 0 Å². The molecule has 0 heterocycles. The lowest BCUT2D eigenvalue weighted by molar-refractivity contribution is 0.585. The summed E-state index contributed by atoms with van der Waals surface area (Å²) < 4.78 is 39.9. The summed E-state index contributed by atoms with van der Waals surface area (Å²) in [6.45, 7) is 3.38. The summed E-state index contributed by atoms with van der Waals surface area (Å²) in [6, 6.07) is 7.85. The second-order valence-corrected chi connectivity index (χ2v) is 4.42. The molecule has 0 atom stereocenters. The molecule has 0 aliphatic carbocycles. The van der Waals surface area contributed by atoms with Crippen molar-refractivity contribution in [2.24, 2.45) is 5.10 Å². The van der Waals surface area contributed by atoms with E-state index in [1.807, 2.05) is 0 Å². The molecule has 104 valence electrons. The van der Waals surface area contributed by atoms with Crippen LogP contribution in [0.25, 0.3) is 0 Å². The molecule has 2 nitrogen and oxygen atoms in total. The van der Waals surface area contributed by atoms with Gasteiger partial charge >= 0.3 is 0 Å². The summed E-state index contributed by atoms with van der Waals surface area (Å²) in [4.78, 5) is 0. The van der Waals surface area contributed by atoms with Crippen molar-refractivity contribution < 1.29 is 13.2 Å². The fourth-order valence-corrected chi connectivity index (χ4v) is 1.70. The zero-order chi connectivity index (χ0) is 14.7. The highest BCUT2D eigenvalue weighted by Gasteiger charge is 2.07. The van der Waals surface area contributed by atoms with Crippen molar-refractivity contribution in [1.82, 2.24) is 0 Å². The Hall–Kier alpha value is -2.30. The summed E-state index contributed by atoms with van der Waals surface area (Å²) in [6.07, 6.45) is 0. The molecule has 0 saturated carbocycles. The minimum atomic E-state index is -0.758. The van der Waals surface area contributed by atoms with Gasteiger partial charge in [-0.25, -0.2) is 13.2 Å². The third-order valence-corrected chi connectivity index (χ3v) is 2.79. The monoisotopic (exact) mass is 278 g/mol. The molecule has 2 aromatic rings. The molecular weight excluding hydrogens is 265 g/mol. The Morgan fingerprint density at radius 1 is 1.00 bits per heavy atom. The molecule has 0 aromatic heterocycles. The first-order valence-corrected chi connectivity index (χ1v) is 5.99. The molecule has 0 radical (unpaired) electrons. The largest absolute Gasteiger partial charge is 0.275 e. The van der Waals surface area contributed by atoms with Gasteiger partial charge < -0.3 is 0 Å². The van der Waals surface area contributed by atoms with Crippen LogP contribution >= 0.6 is 0 Å². The van der Waals surface area contributed by atoms with Gasteiger partial charge in [0.05, 0.1) is 11.4 Å². The molecule has 2 rings (SSSR count). The normalized spacial score (nSPS) is 11.6. The molecule has 20 heavy (non-hydrogen) atoms. The van der Waals surface area contributed by atoms with E-state index in [9.17, 15) is 13.2 Å². The third kappa shape index (κ3) is 3.17. The zero-order valence-corrected chi connectivity index (χ0v) is 11.0. The van der Waals surface area contributed by atoms with Gasteiger partial charge in [0.15, 0.2) is 5.82 Å². The topological polar surface area (TPSA) is 24.4 Å². The molecule has 1 N–H and O–H groups in total. The van der Waals surface area contributed by atoms with Crippen LogP contribution in [-0.4, -0.2) is 5.71 Å². The summed E-state index contributed by atoms with van der Waals surface area (Å²) >= 11 is 0. The molecule has 0 saturated heterocycles. The lowest BCUT2D eigenvalue weighted by Gasteiger charge is -2.06. The van der Waals surface area contributed by atoms with Crippen molar-refractivity contribution in [3.05, 3.63) is 65.0 Å². The number of benzene rings is 2. The highest BCUT2D eigenvalue weighted by molar-refractivity contribution is 5.99.